The average Bonchev–Trinajstić information content (AvgIpc) is 2.68. The normalized spacial score (nSPS) is 11.1. The molecule has 3 nitrogen and oxygen atoms in total. The zero-order chi connectivity index (χ0) is 21.0. The molecule has 3 aromatic carbocycles. The van der Waals surface area contributed by atoms with E-state index in [9.17, 15) is 0 Å². The summed E-state index contributed by atoms with van der Waals surface area (Å²) in [7, 11) is 1.61. The Labute approximate surface area is 198 Å². The third-order valence-corrected chi connectivity index (χ3v) is 5.79. The minimum Gasteiger partial charge on any atom is -0.493 e. The number of nitrogens with zero attached hydrogens (tertiary/aromatic N) is 1. The van der Waals surface area contributed by atoms with Gasteiger partial charge in [0.05, 0.1) is 16.4 Å². The Hall–Kier alpha value is -1.47. The zero-order valence-electron chi connectivity index (χ0n) is 15.7. The number of rotatable bonds is 6. The number of aliphatic imine (C=N–C) groups is 1. The van der Waals surface area contributed by atoms with Crippen molar-refractivity contribution in [2.75, 3.05) is 7.11 Å². The van der Waals surface area contributed by atoms with Crippen LogP contribution in [0, 0.1) is 10.5 Å². The van der Waals surface area contributed by atoms with Gasteiger partial charge in [0.15, 0.2) is 11.5 Å². The highest BCUT2D eigenvalue weighted by atomic mass is 127. The number of halogens is 4. The first-order valence-corrected chi connectivity index (χ1v) is 10.8. The van der Waals surface area contributed by atoms with E-state index in [1.54, 1.807) is 25.5 Å². The van der Waals surface area contributed by atoms with Crippen LogP contribution >= 0.6 is 57.4 Å². The Balaban J connectivity index is 1.83. The fraction of sp³-hybridized carbons (Fsp3) is 0.136. The maximum atomic E-state index is 6.23. The highest BCUT2D eigenvalue weighted by molar-refractivity contribution is 14.1. The minimum absolute atomic E-state index is 0.303. The maximum Gasteiger partial charge on any atom is 0.174 e. The van der Waals surface area contributed by atoms with Crippen LogP contribution in [0.25, 0.3) is 0 Å². The van der Waals surface area contributed by atoms with Crippen molar-refractivity contribution >= 4 is 69.3 Å². The lowest BCUT2D eigenvalue weighted by Crippen LogP contribution is -2.01. The molecule has 0 aliphatic heterocycles. The molecule has 0 N–H and O–H groups in total. The van der Waals surface area contributed by atoms with Gasteiger partial charge in [0.25, 0.3) is 0 Å². The number of methoxy groups -OCH3 is 1. The van der Waals surface area contributed by atoms with Crippen LogP contribution in [-0.4, -0.2) is 13.3 Å². The number of hydrogen-bond donors (Lipinski definition) is 0. The molecule has 0 unspecified atom stereocenters. The van der Waals surface area contributed by atoms with Crippen LogP contribution in [0.15, 0.2) is 53.5 Å². The topological polar surface area (TPSA) is 30.8 Å². The molecular formula is C22H17Cl3INO2. The molecule has 0 bridgehead atoms. The van der Waals surface area contributed by atoms with Gasteiger partial charge in [-0.05, 0) is 77.0 Å². The van der Waals surface area contributed by atoms with E-state index in [1.165, 1.54) is 0 Å². The predicted molar refractivity (Wildman–Crippen MR) is 130 cm³/mol. The molecule has 3 aromatic rings. The molecule has 0 aromatic heterocycles. The first kappa shape index (κ1) is 22.2. The lowest BCUT2D eigenvalue weighted by atomic mass is 10.2. The monoisotopic (exact) mass is 559 g/mol. The Morgan fingerprint density at radius 3 is 2.45 bits per heavy atom. The van der Waals surface area contributed by atoms with Gasteiger partial charge in [-0.25, -0.2) is 0 Å². The van der Waals surface area contributed by atoms with E-state index >= 15 is 0 Å². The summed E-state index contributed by atoms with van der Waals surface area (Å²) >= 11 is 20.5. The molecule has 0 aliphatic carbocycles. The molecule has 0 saturated heterocycles. The van der Waals surface area contributed by atoms with E-state index in [4.69, 9.17) is 44.3 Å². The Kier molecular flexibility index (Phi) is 7.68. The lowest BCUT2D eigenvalue weighted by Gasteiger charge is -2.14. The van der Waals surface area contributed by atoms with Gasteiger partial charge in [-0.2, -0.15) is 0 Å². The quantitative estimate of drug-likeness (QED) is 0.227. The average molecular weight is 561 g/mol. The minimum atomic E-state index is 0.303. The van der Waals surface area contributed by atoms with Crippen molar-refractivity contribution < 1.29 is 9.47 Å². The smallest absolute Gasteiger partial charge is 0.174 e. The van der Waals surface area contributed by atoms with Crippen LogP contribution in [0.5, 0.6) is 11.5 Å². The van der Waals surface area contributed by atoms with Crippen molar-refractivity contribution in [3.63, 3.8) is 0 Å². The van der Waals surface area contributed by atoms with Gasteiger partial charge in [0.2, 0.25) is 0 Å². The van der Waals surface area contributed by atoms with E-state index in [0.29, 0.717) is 33.2 Å². The largest absolute Gasteiger partial charge is 0.493 e. The van der Waals surface area contributed by atoms with Crippen molar-refractivity contribution in [1.29, 1.82) is 0 Å². The molecule has 0 heterocycles. The summed E-state index contributed by atoms with van der Waals surface area (Å²) < 4.78 is 12.4. The zero-order valence-corrected chi connectivity index (χ0v) is 20.1. The number of benzene rings is 3. The van der Waals surface area contributed by atoms with E-state index in [0.717, 1.165) is 25.9 Å². The standard InChI is InChI=1S/C22H17Cl3INO2/c1-13-3-5-17(24)10-20(13)27-11-14-7-19(26)22(21(8-14)28-2)29-12-15-4-6-16(23)9-18(15)25/h3-11H,12H2,1-2H3. The highest BCUT2D eigenvalue weighted by Gasteiger charge is 2.12. The SMILES string of the molecule is COc1cc(C=Nc2cc(Cl)ccc2C)cc(I)c1OCc1ccc(Cl)cc1Cl. The van der Waals surface area contributed by atoms with Crippen molar-refractivity contribution in [1.82, 2.24) is 0 Å². The summed E-state index contributed by atoms with van der Waals surface area (Å²) in [6.45, 7) is 2.30. The summed E-state index contributed by atoms with van der Waals surface area (Å²) in [5.74, 6) is 1.27. The first-order chi connectivity index (χ1) is 13.9. The lowest BCUT2D eigenvalue weighted by molar-refractivity contribution is 0.282. The van der Waals surface area contributed by atoms with Gasteiger partial charge in [0.1, 0.15) is 6.61 Å². The van der Waals surface area contributed by atoms with Gasteiger partial charge in [0, 0.05) is 26.8 Å². The van der Waals surface area contributed by atoms with Crippen molar-refractivity contribution in [2.24, 2.45) is 4.99 Å². The van der Waals surface area contributed by atoms with Crippen molar-refractivity contribution in [3.8, 4) is 11.5 Å². The third kappa shape index (κ3) is 5.79. The molecule has 0 radical (unpaired) electrons. The van der Waals surface area contributed by atoms with Gasteiger partial charge in [-0.15, -0.1) is 0 Å². The van der Waals surface area contributed by atoms with E-state index in [-0.39, 0.29) is 0 Å². The van der Waals surface area contributed by atoms with Crippen LogP contribution < -0.4 is 9.47 Å². The predicted octanol–water partition coefficient (Wildman–Crippen LogP) is 7.90. The molecule has 0 atom stereocenters. The maximum absolute atomic E-state index is 6.23. The highest BCUT2D eigenvalue weighted by Crippen LogP contribution is 2.35. The Morgan fingerprint density at radius 1 is 1.00 bits per heavy atom. The van der Waals surface area contributed by atoms with Crippen LogP contribution in [0.3, 0.4) is 0 Å². The molecule has 150 valence electrons. The van der Waals surface area contributed by atoms with Gasteiger partial charge >= 0.3 is 0 Å². The van der Waals surface area contributed by atoms with Gasteiger partial charge in [-0.3, -0.25) is 4.99 Å². The Bertz CT molecular complexity index is 1070. The van der Waals surface area contributed by atoms with Crippen molar-refractivity contribution in [3.05, 3.63) is 83.9 Å². The van der Waals surface area contributed by atoms with Crippen LogP contribution in [0.2, 0.25) is 15.1 Å². The van der Waals surface area contributed by atoms with Crippen molar-refractivity contribution in [2.45, 2.75) is 13.5 Å². The van der Waals surface area contributed by atoms with E-state index in [1.807, 2.05) is 43.3 Å². The molecule has 0 saturated carbocycles. The number of aryl methyl sites for hydroxylation is 1. The second-order valence-corrected chi connectivity index (χ2v) is 8.69. The van der Waals surface area contributed by atoms with Crippen LogP contribution in [0.1, 0.15) is 16.7 Å². The first-order valence-electron chi connectivity index (χ1n) is 8.62. The number of ether oxygens (including phenoxy) is 2. The molecule has 3 rings (SSSR count). The fourth-order valence-corrected chi connectivity index (χ4v) is 4.02. The molecule has 0 amide bonds. The summed E-state index contributed by atoms with van der Waals surface area (Å²) in [6, 6.07) is 14.8. The molecule has 0 aliphatic rings. The summed E-state index contributed by atoms with van der Waals surface area (Å²) in [5.41, 5.74) is 3.61. The fourth-order valence-electron chi connectivity index (χ4n) is 2.61. The van der Waals surface area contributed by atoms with E-state index < -0.39 is 0 Å². The number of hydrogen-bond acceptors (Lipinski definition) is 3. The van der Waals surface area contributed by atoms with Crippen LogP contribution in [0.4, 0.5) is 5.69 Å². The van der Waals surface area contributed by atoms with Gasteiger partial charge < -0.3 is 9.47 Å². The summed E-state index contributed by atoms with van der Waals surface area (Å²) in [4.78, 5) is 4.56. The second-order valence-electron chi connectivity index (χ2n) is 6.25. The van der Waals surface area contributed by atoms with E-state index in [2.05, 4.69) is 27.6 Å². The van der Waals surface area contributed by atoms with Gasteiger partial charge in [-0.1, -0.05) is 46.9 Å². The Morgan fingerprint density at radius 2 is 1.72 bits per heavy atom. The van der Waals surface area contributed by atoms with Crippen LogP contribution in [-0.2, 0) is 6.61 Å². The summed E-state index contributed by atoms with van der Waals surface area (Å²) in [5, 5.41) is 1.80. The molecule has 0 fully saturated rings. The molecule has 29 heavy (non-hydrogen) atoms. The summed E-state index contributed by atoms with van der Waals surface area (Å²) in [6.07, 6.45) is 1.78. The third-order valence-electron chi connectivity index (χ3n) is 4.16. The molecule has 0 spiro atoms. The molecular weight excluding hydrogens is 544 g/mol. The second kappa shape index (κ2) is 10.0. The molecule has 7 heteroatoms.